The SMILES string of the molecule is FC(F)(F)c1ccnc(-c2cc(C(F)(F)F)ccn2)c1.F[P-](F)(F)(F)(F)F.Fc1ccc(-c2[c-]cc(F)cc2F)nc1.Fc1ccc(-c2[c-]cc(F)cc2F)nc1.[Ir+3]. The van der Waals surface area contributed by atoms with Crippen LogP contribution in [0, 0.1) is 47.0 Å². The molecule has 0 spiro atoms. The molecule has 0 N–H and O–H groups in total. The number of alkyl halides is 6. The Kier molecular flexibility index (Phi) is 15.4. The van der Waals surface area contributed by atoms with Crippen LogP contribution in [0.2, 0.25) is 0 Å². The zero-order chi connectivity index (χ0) is 43.0. The van der Waals surface area contributed by atoms with Crippen molar-refractivity contribution < 1.29 is 98.0 Å². The molecule has 0 saturated carbocycles. The summed E-state index contributed by atoms with van der Waals surface area (Å²) in [5.41, 5.74) is -2.06. The molecular weight excluding hydrogens is 1030 g/mol. The average Bonchev–Trinajstić information content (AvgIpc) is 3.08. The normalized spacial score (nSPS) is 12.4. The summed E-state index contributed by atoms with van der Waals surface area (Å²) in [6.45, 7) is 0. The van der Waals surface area contributed by atoms with Gasteiger partial charge in [-0.2, -0.15) is 26.3 Å². The molecule has 0 atom stereocenters. The van der Waals surface area contributed by atoms with Gasteiger partial charge in [-0.25, -0.2) is 8.78 Å². The second-order valence-corrected chi connectivity index (χ2v) is 12.5. The molecule has 0 bridgehead atoms. The molecule has 58 heavy (non-hydrogen) atoms. The van der Waals surface area contributed by atoms with Crippen LogP contribution in [0.25, 0.3) is 33.9 Å². The molecule has 0 aliphatic rings. The topological polar surface area (TPSA) is 51.6 Å². The van der Waals surface area contributed by atoms with Gasteiger partial charge in [0, 0.05) is 35.7 Å². The minimum absolute atomic E-state index is 0. The zero-order valence-electron chi connectivity index (χ0n) is 27.6. The van der Waals surface area contributed by atoms with E-state index in [1.54, 1.807) is 0 Å². The van der Waals surface area contributed by atoms with Crippen molar-refractivity contribution in [3.8, 4) is 33.9 Å². The number of pyridine rings is 4. The van der Waals surface area contributed by atoms with Crippen molar-refractivity contribution >= 4 is 7.81 Å². The fraction of sp³-hybridized carbons (Fsp3) is 0.0588. The van der Waals surface area contributed by atoms with Crippen LogP contribution in [0.1, 0.15) is 11.1 Å². The molecule has 6 aromatic rings. The van der Waals surface area contributed by atoms with E-state index in [4.69, 9.17) is 0 Å². The van der Waals surface area contributed by atoms with E-state index in [1.807, 2.05) is 0 Å². The number of nitrogens with zero attached hydrogens (tertiary/aromatic N) is 4. The molecule has 6 rings (SSSR count). The Morgan fingerprint density at radius 1 is 0.431 bits per heavy atom. The van der Waals surface area contributed by atoms with Crippen LogP contribution in [-0.2, 0) is 32.5 Å². The van der Waals surface area contributed by atoms with Gasteiger partial charge in [-0.05, 0) is 47.8 Å². The van der Waals surface area contributed by atoms with Gasteiger partial charge in [-0.15, -0.1) is 24.3 Å². The maximum absolute atomic E-state index is 13.2. The standard InChI is InChI=1S/C12H6F6N2.2C11H5F3N.F6P.Ir/c13-11(14,15)7-1-3-19-9(5-7)10-6-8(2-4-20-10)12(16,17)18;2*12-7-1-3-9(10(14)5-7)11-4-2-8(13)6-15-11;1-7(2,3,4,5)6;/h1-6H;2*1-2,4-6H;;/q;3*-1;+3. The van der Waals surface area contributed by atoms with Gasteiger partial charge in [-0.1, -0.05) is 35.4 Å². The van der Waals surface area contributed by atoms with Crippen LogP contribution < -0.4 is 0 Å². The Hall–Kier alpha value is -5.14. The monoisotopic (exact) mass is 1050 g/mol. The molecule has 2 aromatic carbocycles. The van der Waals surface area contributed by atoms with E-state index < -0.39 is 66.2 Å². The van der Waals surface area contributed by atoms with Gasteiger partial charge in [0.2, 0.25) is 0 Å². The van der Waals surface area contributed by atoms with Crippen molar-refractivity contribution in [3.63, 3.8) is 0 Å². The fourth-order valence-corrected chi connectivity index (χ4v) is 3.82. The van der Waals surface area contributed by atoms with Gasteiger partial charge in [0.1, 0.15) is 11.6 Å². The molecule has 0 amide bonds. The maximum atomic E-state index is 13.2. The summed E-state index contributed by atoms with van der Waals surface area (Å²) in [6.07, 6.45) is -5.52. The van der Waals surface area contributed by atoms with E-state index in [9.17, 15) is 77.9 Å². The zero-order valence-corrected chi connectivity index (χ0v) is 30.9. The van der Waals surface area contributed by atoms with Crippen LogP contribution in [0.3, 0.4) is 0 Å². The van der Waals surface area contributed by atoms with Crippen LogP contribution in [0.5, 0.6) is 0 Å². The molecule has 4 heterocycles. The first-order valence-corrected chi connectivity index (χ1v) is 16.6. The van der Waals surface area contributed by atoms with Crippen molar-refractivity contribution in [2.75, 3.05) is 0 Å². The second kappa shape index (κ2) is 18.2. The van der Waals surface area contributed by atoms with E-state index >= 15 is 0 Å². The molecule has 4 nitrogen and oxygen atoms in total. The first-order valence-electron chi connectivity index (χ1n) is 14.6. The number of hydrogen-bond donors (Lipinski definition) is 0. The molecular formula is C34H16F18IrN4P. The summed E-state index contributed by atoms with van der Waals surface area (Å²) in [4.78, 5) is 14.6. The number of halogens is 18. The first kappa shape index (κ1) is 49.0. The third-order valence-electron chi connectivity index (χ3n) is 6.12. The van der Waals surface area contributed by atoms with Crippen LogP contribution in [-0.4, -0.2) is 19.9 Å². The van der Waals surface area contributed by atoms with E-state index in [0.717, 1.165) is 73.3 Å². The molecule has 4 aromatic heterocycles. The maximum Gasteiger partial charge on any atom is 3.00 e. The van der Waals surface area contributed by atoms with E-state index in [-0.39, 0.29) is 54.0 Å². The number of aromatic nitrogens is 4. The third-order valence-corrected chi connectivity index (χ3v) is 6.12. The number of hydrogen-bond acceptors (Lipinski definition) is 4. The van der Waals surface area contributed by atoms with Crippen molar-refractivity contribution in [3.05, 3.63) is 156 Å². The Morgan fingerprint density at radius 2 is 0.759 bits per heavy atom. The van der Waals surface area contributed by atoms with E-state index in [0.29, 0.717) is 12.1 Å². The van der Waals surface area contributed by atoms with Crippen LogP contribution >= 0.6 is 7.81 Å². The van der Waals surface area contributed by atoms with Crippen molar-refractivity contribution in [2.24, 2.45) is 0 Å². The second-order valence-electron chi connectivity index (χ2n) is 10.6. The average molecular weight is 1050 g/mol. The van der Waals surface area contributed by atoms with Gasteiger partial charge in [0.25, 0.3) is 0 Å². The van der Waals surface area contributed by atoms with Gasteiger partial charge in [0.15, 0.2) is 0 Å². The van der Waals surface area contributed by atoms with E-state index in [2.05, 4.69) is 32.1 Å². The molecule has 0 aliphatic heterocycles. The molecule has 0 aliphatic carbocycles. The molecule has 312 valence electrons. The number of benzene rings is 2. The Balaban J connectivity index is 0.000000278. The molecule has 24 heteroatoms. The fourth-order valence-electron chi connectivity index (χ4n) is 3.82. The Morgan fingerprint density at radius 3 is 1.02 bits per heavy atom. The smallest absolute Gasteiger partial charge is 0.302 e. The molecule has 0 saturated heterocycles. The Labute approximate surface area is 327 Å². The van der Waals surface area contributed by atoms with Crippen molar-refractivity contribution in [2.45, 2.75) is 12.4 Å². The predicted octanol–water partition coefficient (Wildman–Crippen LogP) is 13.5. The Bertz CT molecular complexity index is 2130. The summed E-state index contributed by atoms with van der Waals surface area (Å²) in [5.74, 6) is -3.98. The summed E-state index contributed by atoms with van der Waals surface area (Å²) in [6, 6.07) is 16.0. The predicted molar refractivity (Wildman–Crippen MR) is 168 cm³/mol. The van der Waals surface area contributed by atoms with Gasteiger partial charge in [0.05, 0.1) is 34.9 Å². The van der Waals surface area contributed by atoms with Crippen LogP contribution in [0.4, 0.5) is 77.9 Å². The van der Waals surface area contributed by atoms with Gasteiger partial charge >= 0.3 is 65.4 Å². The van der Waals surface area contributed by atoms with Crippen LogP contribution in [0.15, 0.2) is 97.6 Å². The minimum Gasteiger partial charge on any atom is -0.302 e. The van der Waals surface area contributed by atoms with Crippen molar-refractivity contribution in [1.29, 1.82) is 0 Å². The largest absolute Gasteiger partial charge is 3.00 e. The quantitative estimate of drug-likeness (QED) is 0.101. The summed E-state index contributed by atoms with van der Waals surface area (Å²) >= 11 is 0. The summed E-state index contributed by atoms with van der Waals surface area (Å²) < 4.78 is 211. The van der Waals surface area contributed by atoms with Gasteiger partial charge in [-0.3, -0.25) is 27.5 Å². The summed E-state index contributed by atoms with van der Waals surface area (Å²) in [5, 5.41) is 0. The van der Waals surface area contributed by atoms with E-state index in [1.165, 1.54) is 12.1 Å². The van der Waals surface area contributed by atoms with Gasteiger partial charge < -0.3 is 9.97 Å². The minimum atomic E-state index is -10.7. The molecule has 0 unspecified atom stereocenters. The molecule has 0 fully saturated rings. The molecule has 0 radical (unpaired) electrons. The van der Waals surface area contributed by atoms with Crippen molar-refractivity contribution in [1.82, 2.24) is 19.9 Å². The first-order chi connectivity index (χ1) is 26.0. The summed E-state index contributed by atoms with van der Waals surface area (Å²) in [7, 11) is -10.7. The third kappa shape index (κ3) is 17.6. The number of rotatable bonds is 3.